The van der Waals surface area contributed by atoms with E-state index in [4.69, 9.17) is 17.0 Å². The van der Waals surface area contributed by atoms with E-state index in [1.54, 1.807) is 0 Å². The number of hydrogen-bond acceptors (Lipinski definition) is 5. The van der Waals surface area contributed by atoms with E-state index in [0.717, 1.165) is 37.3 Å². The van der Waals surface area contributed by atoms with Crippen LogP contribution < -0.4 is 5.32 Å². The van der Waals surface area contributed by atoms with Gasteiger partial charge in [-0.2, -0.15) is 0 Å². The zero-order valence-electron chi connectivity index (χ0n) is 20.8. The number of fused-ring (bicyclic) bond motifs is 2. The lowest BCUT2D eigenvalue weighted by Gasteiger charge is -2.42. The van der Waals surface area contributed by atoms with E-state index in [9.17, 15) is 15.0 Å². The molecule has 2 aliphatic heterocycles. The summed E-state index contributed by atoms with van der Waals surface area (Å²) in [4.78, 5) is 12.8. The van der Waals surface area contributed by atoms with E-state index < -0.39 is 12.2 Å². The van der Waals surface area contributed by atoms with Crippen molar-refractivity contribution < 1.29 is 19.7 Å². The van der Waals surface area contributed by atoms with Crippen molar-refractivity contribution in [2.24, 2.45) is 0 Å². The molecule has 7 heteroatoms. The summed E-state index contributed by atoms with van der Waals surface area (Å²) in [6.07, 6.45) is 19.1. The molecular weight excluding hydrogens is 436 g/mol. The predicted octanol–water partition coefficient (Wildman–Crippen LogP) is 4.84. The van der Waals surface area contributed by atoms with Gasteiger partial charge in [0.1, 0.15) is 6.10 Å². The maximum Gasteiger partial charge on any atom is 0.302 e. The van der Waals surface area contributed by atoms with Crippen molar-refractivity contribution in [1.82, 2.24) is 10.2 Å². The van der Waals surface area contributed by atoms with E-state index in [-0.39, 0.29) is 18.1 Å². The van der Waals surface area contributed by atoms with E-state index >= 15 is 0 Å². The third-order valence-corrected chi connectivity index (χ3v) is 7.59. The van der Waals surface area contributed by atoms with Crippen molar-refractivity contribution >= 4 is 23.3 Å². The number of thiocarbonyl (C=S) groups is 1. The van der Waals surface area contributed by atoms with Gasteiger partial charge in [-0.1, -0.05) is 77.0 Å². The third-order valence-electron chi connectivity index (χ3n) is 7.24. The molecule has 2 bridgehead atoms. The van der Waals surface area contributed by atoms with Gasteiger partial charge in [0.05, 0.1) is 18.8 Å². The average molecular weight is 485 g/mol. The minimum Gasteiger partial charge on any atom is -0.466 e. The smallest absolute Gasteiger partial charge is 0.302 e. The Labute approximate surface area is 206 Å². The number of unbranched alkanes of at least 4 members (excludes halogenated alkanes) is 13. The predicted molar refractivity (Wildman–Crippen MR) is 137 cm³/mol. The van der Waals surface area contributed by atoms with E-state index in [1.165, 1.54) is 84.0 Å². The molecular formula is C26H48N2O4S. The van der Waals surface area contributed by atoms with Gasteiger partial charge in [-0.15, -0.1) is 0 Å². The molecule has 0 aromatic carbocycles. The van der Waals surface area contributed by atoms with Gasteiger partial charge in [-0.25, -0.2) is 0 Å². The lowest BCUT2D eigenvalue weighted by molar-refractivity contribution is -0.141. The second kappa shape index (κ2) is 16.7. The number of rotatable bonds is 17. The Morgan fingerprint density at radius 1 is 0.879 bits per heavy atom. The summed E-state index contributed by atoms with van der Waals surface area (Å²) in [7, 11) is 0. The Morgan fingerprint density at radius 3 is 1.94 bits per heavy atom. The van der Waals surface area contributed by atoms with Crippen LogP contribution in [-0.4, -0.2) is 63.6 Å². The first-order valence-electron chi connectivity index (χ1n) is 13.6. The van der Waals surface area contributed by atoms with Crippen LogP contribution in [0.3, 0.4) is 0 Å². The fourth-order valence-corrected chi connectivity index (χ4v) is 5.71. The molecule has 2 heterocycles. The van der Waals surface area contributed by atoms with Crippen molar-refractivity contribution in [2.45, 2.75) is 140 Å². The minimum atomic E-state index is -0.673. The molecule has 0 aromatic rings. The van der Waals surface area contributed by atoms with Crippen molar-refractivity contribution in [3.63, 3.8) is 0 Å². The number of carbonyl (C=O) groups is 1. The van der Waals surface area contributed by atoms with Crippen LogP contribution in [0.4, 0.5) is 0 Å². The molecule has 0 aliphatic carbocycles. The van der Waals surface area contributed by atoms with Crippen LogP contribution in [0.1, 0.15) is 116 Å². The number of aliphatic hydroxyl groups is 2. The van der Waals surface area contributed by atoms with Crippen molar-refractivity contribution in [1.29, 1.82) is 0 Å². The van der Waals surface area contributed by atoms with Crippen molar-refractivity contribution in [2.75, 3.05) is 13.2 Å². The highest BCUT2D eigenvalue weighted by molar-refractivity contribution is 7.80. The Kier molecular flexibility index (Phi) is 14.3. The van der Waals surface area contributed by atoms with Crippen LogP contribution in [0.25, 0.3) is 0 Å². The van der Waals surface area contributed by atoms with E-state index in [2.05, 4.69) is 10.2 Å². The van der Waals surface area contributed by atoms with Gasteiger partial charge < -0.3 is 25.2 Å². The van der Waals surface area contributed by atoms with Crippen molar-refractivity contribution in [3.05, 3.63) is 0 Å². The number of ether oxygens (including phenoxy) is 1. The van der Waals surface area contributed by atoms with Gasteiger partial charge in [0, 0.05) is 19.5 Å². The first-order valence-corrected chi connectivity index (χ1v) is 14.0. The van der Waals surface area contributed by atoms with Gasteiger partial charge in [-0.3, -0.25) is 4.79 Å². The summed E-state index contributed by atoms with van der Waals surface area (Å²) < 4.78 is 4.94. The molecule has 4 atom stereocenters. The van der Waals surface area contributed by atoms with Crippen molar-refractivity contribution in [3.8, 4) is 0 Å². The van der Waals surface area contributed by atoms with Crippen LogP contribution in [0.15, 0.2) is 0 Å². The largest absolute Gasteiger partial charge is 0.466 e. The number of nitrogens with one attached hydrogen (secondary N) is 1. The summed E-state index contributed by atoms with van der Waals surface area (Å²) >= 11 is 5.58. The number of hydrogen-bond donors (Lipinski definition) is 3. The molecule has 33 heavy (non-hydrogen) atoms. The third kappa shape index (κ3) is 10.9. The summed E-state index contributed by atoms with van der Waals surface area (Å²) in [5, 5.41) is 24.3. The molecule has 0 saturated carbocycles. The molecule has 0 amide bonds. The second-order valence-corrected chi connectivity index (χ2v) is 10.4. The molecule has 0 radical (unpaired) electrons. The second-order valence-electron chi connectivity index (χ2n) is 10.0. The Morgan fingerprint density at radius 2 is 1.39 bits per heavy atom. The molecule has 2 aliphatic rings. The summed E-state index contributed by atoms with van der Waals surface area (Å²) in [5.74, 6) is -0.170. The van der Waals surface area contributed by atoms with Gasteiger partial charge in [0.25, 0.3) is 0 Å². The Bertz CT molecular complexity index is 562. The fourth-order valence-electron chi connectivity index (χ4n) is 5.32. The highest BCUT2D eigenvalue weighted by Crippen LogP contribution is 2.36. The summed E-state index contributed by atoms with van der Waals surface area (Å²) in [6.45, 7) is 2.95. The SMILES string of the molecule is CC(=O)OCCCCCCCCCCCCCCCCNC(=S)N1[C@H]2CC[C@@H]1[C@H](O)[C@@H](O)C2. The lowest BCUT2D eigenvalue weighted by Crippen LogP contribution is -2.58. The summed E-state index contributed by atoms with van der Waals surface area (Å²) in [6, 6.07) is 0.268. The molecule has 0 spiro atoms. The first-order chi connectivity index (χ1) is 16.0. The van der Waals surface area contributed by atoms with Gasteiger partial charge in [0.2, 0.25) is 0 Å². The molecule has 192 valence electrons. The number of piperidine rings is 1. The van der Waals surface area contributed by atoms with E-state index in [1.807, 2.05) is 0 Å². The van der Waals surface area contributed by atoms with Gasteiger partial charge in [-0.05, 0) is 44.3 Å². The topological polar surface area (TPSA) is 82.0 Å². The lowest BCUT2D eigenvalue weighted by atomic mass is 9.97. The molecule has 2 fully saturated rings. The summed E-state index contributed by atoms with van der Waals surface area (Å²) in [5.41, 5.74) is 0. The Balaban J connectivity index is 1.31. The number of esters is 1. The standard InChI is InChI=1S/C26H48N2O4S/c1-21(29)32-19-15-13-11-9-7-5-3-2-4-6-8-10-12-14-18-27-26(33)28-22-16-17-23(28)25(31)24(30)20-22/h22-25,30-31H,2-20H2,1H3,(H,27,33)/t22-,23+,24-,25-/m0/s1. The zero-order chi connectivity index (χ0) is 23.9. The maximum absolute atomic E-state index is 10.7. The van der Waals surface area contributed by atoms with Crippen LogP contribution in [0, 0.1) is 0 Å². The molecule has 3 N–H and O–H groups in total. The van der Waals surface area contributed by atoms with Crippen LogP contribution in [0.5, 0.6) is 0 Å². The molecule has 6 nitrogen and oxygen atoms in total. The van der Waals surface area contributed by atoms with Crippen LogP contribution >= 0.6 is 12.2 Å². The highest BCUT2D eigenvalue weighted by Gasteiger charge is 2.47. The molecule has 2 saturated heterocycles. The minimum absolute atomic E-state index is 0.0162. The highest BCUT2D eigenvalue weighted by atomic mass is 32.1. The van der Waals surface area contributed by atoms with E-state index in [0.29, 0.717) is 13.0 Å². The monoisotopic (exact) mass is 484 g/mol. The van der Waals surface area contributed by atoms with Crippen LogP contribution in [-0.2, 0) is 9.53 Å². The Hall–Kier alpha value is -0.920. The number of carbonyl (C=O) groups excluding carboxylic acids is 1. The zero-order valence-corrected chi connectivity index (χ0v) is 21.6. The average Bonchev–Trinajstić information content (AvgIpc) is 3.14. The molecule has 0 aromatic heterocycles. The van der Waals surface area contributed by atoms with Crippen LogP contribution in [0.2, 0.25) is 0 Å². The van der Waals surface area contributed by atoms with Gasteiger partial charge >= 0.3 is 5.97 Å². The van der Waals surface area contributed by atoms with Gasteiger partial charge in [0.15, 0.2) is 5.11 Å². The fraction of sp³-hybridized carbons (Fsp3) is 0.923. The molecule has 0 unspecified atom stereocenters. The number of nitrogens with zero attached hydrogens (tertiary/aromatic N) is 1. The first kappa shape index (κ1) is 28.3. The quantitative estimate of drug-likeness (QED) is 0.155. The normalized spacial score (nSPS) is 24.2. The maximum atomic E-state index is 10.7. The molecule has 2 rings (SSSR count). The number of aliphatic hydroxyl groups excluding tert-OH is 2.